The molecule has 3 atom stereocenters. The third kappa shape index (κ3) is 4.74. The van der Waals surface area contributed by atoms with Gasteiger partial charge in [-0.3, -0.25) is 19.7 Å². The number of anilines is 1. The van der Waals surface area contributed by atoms with Gasteiger partial charge in [-0.05, 0) is 54.2 Å². The van der Waals surface area contributed by atoms with Crippen molar-refractivity contribution in [1.29, 1.82) is 0 Å². The number of aryl methyl sites for hydroxylation is 1. The molecule has 0 radical (unpaired) electrons. The van der Waals surface area contributed by atoms with Crippen LogP contribution in [-0.2, 0) is 29.0 Å². The van der Waals surface area contributed by atoms with Crippen LogP contribution in [0.5, 0.6) is 5.75 Å². The second-order valence-electron chi connectivity index (χ2n) is 11.4. The minimum absolute atomic E-state index is 0.00312. The fourth-order valence-electron chi connectivity index (χ4n) is 6.82. The highest BCUT2D eigenvalue weighted by Gasteiger charge is 2.56. The molecule has 9 nitrogen and oxygen atoms in total. The van der Waals surface area contributed by atoms with E-state index in [9.17, 15) is 19.2 Å². The van der Waals surface area contributed by atoms with Crippen LogP contribution in [0.3, 0.4) is 0 Å². The first-order valence-corrected chi connectivity index (χ1v) is 14.2. The van der Waals surface area contributed by atoms with E-state index in [1.807, 2.05) is 47.9 Å². The number of carbonyl (C=O) groups is 3. The van der Waals surface area contributed by atoms with Crippen molar-refractivity contribution < 1.29 is 19.1 Å². The van der Waals surface area contributed by atoms with E-state index in [1.54, 1.807) is 37.4 Å². The van der Waals surface area contributed by atoms with Gasteiger partial charge in [0, 0.05) is 50.3 Å². The van der Waals surface area contributed by atoms with Crippen LogP contribution in [0.4, 0.5) is 10.5 Å². The number of pyridine rings is 1. The van der Waals surface area contributed by atoms with E-state index in [4.69, 9.17) is 4.74 Å². The van der Waals surface area contributed by atoms with Gasteiger partial charge in [0.15, 0.2) is 0 Å². The number of urea groups is 1. The molecule has 3 aliphatic heterocycles. The Morgan fingerprint density at radius 2 is 1.71 bits per heavy atom. The Balaban J connectivity index is 1.39. The van der Waals surface area contributed by atoms with Crippen LogP contribution in [0.15, 0.2) is 71.5 Å². The third-order valence-corrected chi connectivity index (χ3v) is 8.81. The van der Waals surface area contributed by atoms with Crippen molar-refractivity contribution in [3.63, 3.8) is 0 Å². The fraction of sp³-hybridized carbons (Fsp3) is 0.375. The van der Waals surface area contributed by atoms with Crippen molar-refractivity contribution >= 4 is 23.5 Å². The molecule has 4 heterocycles. The molecule has 41 heavy (non-hydrogen) atoms. The number of methoxy groups -OCH3 is 1. The lowest BCUT2D eigenvalue weighted by Gasteiger charge is -2.47. The number of nitrogens with one attached hydrogen (secondary N) is 1. The van der Waals surface area contributed by atoms with Gasteiger partial charge in [0.1, 0.15) is 11.2 Å². The van der Waals surface area contributed by atoms with Crippen molar-refractivity contribution in [3.8, 4) is 5.75 Å². The average molecular weight is 555 g/mol. The number of amides is 4. The lowest BCUT2D eigenvalue weighted by Crippen LogP contribution is -2.68. The first-order valence-electron chi connectivity index (χ1n) is 14.2. The topological polar surface area (TPSA) is 101 Å². The van der Waals surface area contributed by atoms with Gasteiger partial charge in [-0.1, -0.05) is 43.3 Å². The number of hydrogen-bond donors (Lipinski definition) is 1. The summed E-state index contributed by atoms with van der Waals surface area (Å²) < 4.78 is 7.45. The van der Waals surface area contributed by atoms with Crippen molar-refractivity contribution in [2.75, 3.05) is 31.6 Å². The summed E-state index contributed by atoms with van der Waals surface area (Å²) in [5, 5.41) is 2.51. The van der Waals surface area contributed by atoms with E-state index in [1.165, 1.54) is 0 Å². The summed E-state index contributed by atoms with van der Waals surface area (Å²) in [6, 6.07) is 19.3. The summed E-state index contributed by atoms with van der Waals surface area (Å²) in [6.07, 6.45) is 1.84. The summed E-state index contributed by atoms with van der Waals surface area (Å²) >= 11 is 0. The molecule has 2 bridgehead atoms. The van der Waals surface area contributed by atoms with Crippen molar-refractivity contribution in [2.45, 2.75) is 38.6 Å². The highest BCUT2D eigenvalue weighted by atomic mass is 16.5. The van der Waals surface area contributed by atoms with E-state index in [0.717, 1.165) is 29.0 Å². The Bertz CT molecular complexity index is 1560. The summed E-state index contributed by atoms with van der Waals surface area (Å²) in [4.78, 5) is 57.4. The molecule has 0 aliphatic carbocycles. The first kappa shape index (κ1) is 27.0. The molecule has 2 saturated heterocycles. The molecule has 0 unspecified atom stereocenters. The number of imide groups is 2. The maximum absolute atomic E-state index is 14.5. The molecule has 1 aromatic heterocycles. The van der Waals surface area contributed by atoms with Crippen LogP contribution in [-0.4, -0.2) is 54.1 Å². The van der Waals surface area contributed by atoms with E-state index in [-0.39, 0.29) is 30.4 Å². The number of piperidine rings is 1. The summed E-state index contributed by atoms with van der Waals surface area (Å²) in [7, 11) is 1.56. The smallest absolute Gasteiger partial charge is 0.335 e. The molecule has 3 aliphatic rings. The van der Waals surface area contributed by atoms with Crippen LogP contribution in [0.2, 0.25) is 0 Å². The molecule has 0 saturated carbocycles. The molecule has 2 aromatic carbocycles. The maximum atomic E-state index is 14.5. The predicted molar refractivity (Wildman–Crippen MR) is 154 cm³/mol. The van der Waals surface area contributed by atoms with Crippen LogP contribution in [0.1, 0.15) is 36.1 Å². The quantitative estimate of drug-likeness (QED) is 0.450. The number of fused-ring (bicyclic) bond motifs is 4. The molecule has 1 N–H and O–H groups in total. The molecule has 3 aromatic rings. The largest absolute Gasteiger partial charge is 0.496 e. The van der Waals surface area contributed by atoms with Crippen molar-refractivity contribution in [2.24, 2.45) is 11.3 Å². The highest BCUT2D eigenvalue weighted by molar-refractivity contribution is 6.30. The number of para-hydroxylation sites is 1. The molecule has 212 valence electrons. The van der Waals surface area contributed by atoms with E-state index < -0.39 is 23.3 Å². The van der Waals surface area contributed by atoms with Gasteiger partial charge in [0.05, 0.1) is 12.8 Å². The van der Waals surface area contributed by atoms with E-state index >= 15 is 0 Å². The zero-order valence-corrected chi connectivity index (χ0v) is 23.3. The monoisotopic (exact) mass is 554 g/mol. The Morgan fingerprint density at radius 3 is 2.46 bits per heavy atom. The van der Waals surface area contributed by atoms with Crippen molar-refractivity contribution in [3.05, 3.63) is 93.9 Å². The standard InChI is InChI=1S/C32H34N4O5/c1-3-21-11-13-25(14-12-21)36-30(39)32(29(38)33-31(36)40,16-23-7-4-5-9-27(23)41-2)20-34-17-22-15-24(19-34)26-8-6-10-28(37)35(26)18-22/h4-14,22,24H,3,15-20H2,1-2H3,(H,33,38,40)/t22-,24+,32+/m0/s1. The third-order valence-electron chi connectivity index (χ3n) is 8.81. The van der Waals surface area contributed by atoms with Gasteiger partial charge in [0.2, 0.25) is 5.91 Å². The normalized spacial score (nSPS) is 24.1. The number of benzene rings is 2. The van der Waals surface area contributed by atoms with Gasteiger partial charge >= 0.3 is 6.03 Å². The molecular weight excluding hydrogens is 520 g/mol. The maximum Gasteiger partial charge on any atom is 0.335 e. The van der Waals surface area contributed by atoms with E-state index in [0.29, 0.717) is 36.6 Å². The molecule has 0 spiro atoms. The van der Waals surface area contributed by atoms with E-state index in [2.05, 4.69) is 10.2 Å². The van der Waals surface area contributed by atoms with Crippen LogP contribution in [0.25, 0.3) is 0 Å². The van der Waals surface area contributed by atoms with Gasteiger partial charge in [-0.15, -0.1) is 0 Å². The SMILES string of the molecule is CCc1ccc(N2C(=O)NC(=O)[C@@](Cc3ccccc3OC)(CN3C[C@@H]4C[C@H](C3)c3cccc(=O)n3C4)C2=O)cc1. The Kier molecular flexibility index (Phi) is 6.99. The van der Waals surface area contributed by atoms with Crippen LogP contribution >= 0.6 is 0 Å². The minimum Gasteiger partial charge on any atom is -0.496 e. The Hall–Kier alpha value is -4.24. The zero-order chi connectivity index (χ0) is 28.7. The minimum atomic E-state index is -1.58. The fourth-order valence-corrected chi connectivity index (χ4v) is 6.82. The predicted octanol–water partition coefficient (Wildman–Crippen LogP) is 3.35. The zero-order valence-electron chi connectivity index (χ0n) is 23.3. The second kappa shape index (κ2) is 10.6. The molecule has 6 rings (SSSR count). The molecule has 4 amide bonds. The number of carbonyl (C=O) groups excluding carboxylic acids is 3. The molecular formula is C32H34N4O5. The number of nitrogens with zero attached hydrogens (tertiary/aromatic N) is 3. The average Bonchev–Trinajstić information content (AvgIpc) is 2.97. The number of ether oxygens (including phenoxy) is 1. The first-order chi connectivity index (χ1) is 19.8. The summed E-state index contributed by atoms with van der Waals surface area (Å²) in [6.45, 7) is 4.03. The number of hydrogen-bond acceptors (Lipinski definition) is 6. The van der Waals surface area contributed by atoms with Gasteiger partial charge in [-0.25, -0.2) is 9.69 Å². The van der Waals surface area contributed by atoms with Gasteiger partial charge in [0.25, 0.3) is 11.5 Å². The van der Waals surface area contributed by atoms with Crippen molar-refractivity contribution in [1.82, 2.24) is 14.8 Å². The molecule has 9 heteroatoms. The second-order valence-corrected chi connectivity index (χ2v) is 11.4. The number of barbiturate groups is 1. The van der Waals surface area contributed by atoms with Gasteiger partial charge in [-0.2, -0.15) is 0 Å². The lowest BCUT2D eigenvalue weighted by molar-refractivity contribution is -0.144. The lowest BCUT2D eigenvalue weighted by atomic mass is 9.75. The highest BCUT2D eigenvalue weighted by Crippen LogP contribution is 2.40. The summed E-state index contributed by atoms with van der Waals surface area (Å²) in [5.41, 5.74) is 1.63. The number of aromatic nitrogens is 1. The van der Waals surface area contributed by atoms with Crippen LogP contribution in [0, 0.1) is 11.3 Å². The van der Waals surface area contributed by atoms with Gasteiger partial charge < -0.3 is 14.2 Å². The summed E-state index contributed by atoms with van der Waals surface area (Å²) in [5.74, 6) is -0.250. The Morgan fingerprint density at radius 1 is 0.927 bits per heavy atom. The van der Waals surface area contributed by atoms with Crippen LogP contribution < -0.4 is 20.5 Å². The number of likely N-dealkylation sites (tertiary alicyclic amines) is 1. The Labute approximate surface area is 238 Å². The number of rotatable bonds is 7. The molecule has 2 fully saturated rings.